The number of hydrogen-bond donors (Lipinski definition) is 1. The van der Waals surface area contributed by atoms with Crippen molar-refractivity contribution in [2.24, 2.45) is 11.1 Å². The van der Waals surface area contributed by atoms with Crippen molar-refractivity contribution in [1.29, 1.82) is 0 Å². The summed E-state index contributed by atoms with van der Waals surface area (Å²) in [5, 5.41) is 0. The van der Waals surface area contributed by atoms with E-state index >= 15 is 0 Å². The molecule has 0 saturated carbocycles. The monoisotopic (exact) mass is 185 g/mol. The maximum atomic E-state index is 11.0. The van der Waals surface area contributed by atoms with Gasteiger partial charge in [0.1, 0.15) is 5.60 Å². The number of ether oxygens (including phenoxy) is 1. The summed E-state index contributed by atoms with van der Waals surface area (Å²) in [5.41, 5.74) is 4.77. The normalized spacial score (nSPS) is 12.4. The Balaban J connectivity index is 4.56. The third kappa shape index (κ3) is 2.84. The highest BCUT2D eigenvalue weighted by Gasteiger charge is 2.38. The predicted molar refractivity (Wildman–Crippen MR) is 53.2 cm³/mol. The van der Waals surface area contributed by atoms with Crippen LogP contribution in [0.25, 0.3) is 0 Å². The van der Waals surface area contributed by atoms with Gasteiger partial charge >= 0.3 is 5.97 Å². The fraction of sp³-hybridized carbons (Fsp3) is 0.700. The molecule has 0 aliphatic carbocycles. The molecular formula is C10H19NO2. The minimum atomic E-state index is -0.576. The zero-order valence-electron chi connectivity index (χ0n) is 8.89. The fourth-order valence-electron chi connectivity index (χ4n) is 0.677. The molecule has 0 aromatic rings. The molecule has 76 valence electrons. The molecule has 0 amide bonds. The number of hydrogen-bond acceptors (Lipinski definition) is 3. The zero-order chi connectivity index (χ0) is 10.7. The average molecular weight is 185 g/mol. The number of carbonyl (C=O) groups excluding carboxylic acids is 1. The van der Waals surface area contributed by atoms with Crippen molar-refractivity contribution >= 4 is 5.97 Å². The van der Waals surface area contributed by atoms with Crippen molar-refractivity contribution in [2.75, 3.05) is 6.54 Å². The van der Waals surface area contributed by atoms with Crippen molar-refractivity contribution in [1.82, 2.24) is 0 Å². The second-order valence-corrected chi connectivity index (χ2v) is 4.22. The molecule has 0 spiro atoms. The van der Waals surface area contributed by atoms with E-state index in [0.29, 0.717) is 6.54 Å². The van der Waals surface area contributed by atoms with E-state index in [1.807, 2.05) is 27.7 Å². The van der Waals surface area contributed by atoms with Crippen LogP contribution in [0.2, 0.25) is 0 Å². The molecule has 13 heavy (non-hydrogen) atoms. The molecular weight excluding hydrogens is 166 g/mol. The summed E-state index contributed by atoms with van der Waals surface area (Å²) in [4.78, 5) is 11.0. The molecule has 0 rings (SSSR count). The minimum Gasteiger partial charge on any atom is -0.456 e. The van der Waals surface area contributed by atoms with Gasteiger partial charge in [-0.25, -0.2) is 4.79 Å². The molecule has 2 N–H and O–H groups in total. The summed E-state index contributed by atoms with van der Waals surface area (Å²) in [5.74, 6) is -0.411. The van der Waals surface area contributed by atoms with Gasteiger partial charge in [0, 0.05) is 18.0 Å². The molecule has 0 aliphatic heterocycles. The predicted octanol–water partition coefficient (Wildman–Crippen LogP) is 1.48. The first-order valence-electron chi connectivity index (χ1n) is 4.32. The summed E-state index contributed by atoms with van der Waals surface area (Å²) in [6.07, 6.45) is 1.16. The number of esters is 1. The molecule has 0 radical (unpaired) electrons. The van der Waals surface area contributed by atoms with Gasteiger partial charge in [0.2, 0.25) is 0 Å². The molecule has 0 saturated heterocycles. The number of nitrogens with two attached hydrogens (primary N) is 1. The lowest BCUT2D eigenvalue weighted by Crippen LogP contribution is -2.47. The van der Waals surface area contributed by atoms with Crippen molar-refractivity contribution < 1.29 is 9.53 Å². The smallest absolute Gasteiger partial charge is 0.330 e. The molecule has 0 aliphatic rings. The Morgan fingerprint density at radius 2 is 1.92 bits per heavy atom. The van der Waals surface area contributed by atoms with Gasteiger partial charge in [-0.1, -0.05) is 20.4 Å². The van der Waals surface area contributed by atoms with E-state index in [0.717, 1.165) is 6.08 Å². The first-order chi connectivity index (χ1) is 5.77. The van der Waals surface area contributed by atoms with Gasteiger partial charge in [0.05, 0.1) is 0 Å². The van der Waals surface area contributed by atoms with Crippen LogP contribution in [-0.4, -0.2) is 18.1 Å². The Morgan fingerprint density at radius 1 is 1.46 bits per heavy atom. The van der Waals surface area contributed by atoms with Gasteiger partial charge in [-0.2, -0.15) is 0 Å². The maximum absolute atomic E-state index is 11.0. The van der Waals surface area contributed by atoms with Crippen LogP contribution >= 0.6 is 0 Å². The Labute approximate surface area is 79.9 Å². The number of rotatable bonds is 4. The van der Waals surface area contributed by atoms with Crippen LogP contribution in [0, 0.1) is 5.41 Å². The summed E-state index contributed by atoms with van der Waals surface area (Å²) in [7, 11) is 0. The van der Waals surface area contributed by atoms with E-state index in [-0.39, 0.29) is 5.41 Å². The molecule has 0 aromatic heterocycles. The first-order valence-corrected chi connectivity index (χ1v) is 4.32. The summed E-state index contributed by atoms with van der Waals surface area (Å²) >= 11 is 0. The largest absolute Gasteiger partial charge is 0.456 e. The van der Waals surface area contributed by atoms with Gasteiger partial charge in [0.25, 0.3) is 0 Å². The molecule has 3 nitrogen and oxygen atoms in total. The van der Waals surface area contributed by atoms with Crippen LogP contribution in [0.4, 0.5) is 0 Å². The highest BCUT2D eigenvalue weighted by Crippen LogP contribution is 2.32. The highest BCUT2D eigenvalue weighted by atomic mass is 16.6. The van der Waals surface area contributed by atoms with E-state index in [1.54, 1.807) is 0 Å². The van der Waals surface area contributed by atoms with Crippen molar-refractivity contribution in [3.8, 4) is 0 Å². The fourth-order valence-corrected chi connectivity index (χ4v) is 0.677. The Morgan fingerprint density at radius 3 is 2.23 bits per heavy atom. The van der Waals surface area contributed by atoms with E-state index in [4.69, 9.17) is 10.5 Å². The molecule has 0 fully saturated rings. The Kier molecular flexibility index (Phi) is 3.67. The second-order valence-electron chi connectivity index (χ2n) is 4.22. The van der Waals surface area contributed by atoms with E-state index < -0.39 is 11.6 Å². The summed E-state index contributed by atoms with van der Waals surface area (Å²) < 4.78 is 5.21. The summed E-state index contributed by atoms with van der Waals surface area (Å²) in [6.45, 7) is 11.4. The van der Waals surface area contributed by atoms with Gasteiger partial charge < -0.3 is 10.5 Å². The first kappa shape index (κ1) is 12.2. The quantitative estimate of drug-likeness (QED) is 0.533. The third-order valence-electron chi connectivity index (χ3n) is 2.66. The van der Waals surface area contributed by atoms with Crippen LogP contribution < -0.4 is 5.73 Å². The van der Waals surface area contributed by atoms with Gasteiger partial charge in [-0.05, 0) is 13.8 Å². The minimum absolute atomic E-state index is 0.244. The topological polar surface area (TPSA) is 52.3 Å². The SMILES string of the molecule is C=CC(=O)OC(C)(C)C(C)(C)CN. The van der Waals surface area contributed by atoms with Crippen LogP contribution in [0.5, 0.6) is 0 Å². The molecule has 3 heteroatoms. The average Bonchev–Trinajstić information content (AvgIpc) is 2.03. The summed E-state index contributed by atoms with van der Waals surface area (Å²) in [6, 6.07) is 0. The van der Waals surface area contributed by atoms with Crippen molar-refractivity contribution in [3.05, 3.63) is 12.7 Å². The van der Waals surface area contributed by atoms with Crippen molar-refractivity contribution in [3.63, 3.8) is 0 Å². The van der Waals surface area contributed by atoms with Gasteiger partial charge in [-0.3, -0.25) is 0 Å². The number of carbonyl (C=O) groups is 1. The van der Waals surface area contributed by atoms with Crippen LogP contribution in [0.1, 0.15) is 27.7 Å². The molecule has 0 unspecified atom stereocenters. The van der Waals surface area contributed by atoms with E-state index in [1.165, 1.54) is 0 Å². The highest BCUT2D eigenvalue weighted by molar-refractivity contribution is 5.81. The molecule has 0 heterocycles. The van der Waals surface area contributed by atoms with Crippen LogP contribution in [-0.2, 0) is 9.53 Å². The second kappa shape index (κ2) is 3.92. The van der Waals surface area contributed by atoms with Gasteiger partial charge in [0.15, 0.2) is 0 Å². The lowest BCUT2D eigenvalue weighted by Gasteiger charge is -2.39. The van der Waals surface area contributed by atoms with Gasteiger partial charge in [-0.15, -0.1) is 0 Å². The Bertz CT molecular complexity index is 207. The van der Waals surface area contributed by atoms with Crippen LogP contribution in [0.3, 0.4) is 0 Å². The zero-order valence-corrected chi connectivity index (χ0v) is 8.89. The molecule has 0 bridgehead atoms. The third-order valence-corrected chi connectivity index (χ3v) is 2.66. The lowest BCUT2D eigenvalue weighted by atomic mass is 9.77. The molecule has 0 aromatic carbocycles. The molecule has 0 atom stereocenters. The Hall–Kier alpha value is -0.830. The van der Waals surface area contributed by atoms with E-state index in [9.17, 15) is 4.79 Å². The maximum Gasteiger partial charge on any atom is 0.330 e. The van der Waals surface area contributed by atoms with E-state index in [2.05, 4.69) is 6.58 Å². The van der Waals surface area contributed by atoms with Crippen LogP contribution in [0.15, 0.2) is 12.7 Å². The van der Waals surface area contributed by atoms with Crippen molar-refractivity contribution in [2.45, 2.75) is 33.3 Å². The lowest BCUT2D eigenvalue weighted by molar-refractivity contribution is -0.161. The standard InChI is InChI=1S/C10H19NO2/c1-6-8(12)13-10(4,5)9(2,3)7-11/h6H,1,7,11H2,2-5H3.